The lowest BCUT2D eigenvalue weighted by molar-refractivity contribution is -0.148. The van der Waals surface area contributed by atoms with E-state index in [2.05, 4.69) is 26.1 Å². The molecular weight excluding hydrogens is 178 g/mol. The van der Waals surface area contributed by atoms with Gasteiger partial charge in [0.05, 0.1) is 6.61 Å². The molecule has 0 heterocycles. The number of carbonyl (C=O) groups excluding carboxylic acids is 1. The number of hydrogen-bond acceptors (Lipinski definition) is 3. The summed E-state index contributed by atoms with van der Waals surface area (Å²) in [6.45, 7) is 8.48. The summed E-state index contributed by atoms with van der Waals surface area (Å²) < 4.78 is 5.06. The van der Waals surface area contributed by atoms with E-state index in [0.717, 1.165) is 0 Å². The largest absolute Gasteiger partial charge is 0.465 e. The average molecular weight is 199 g/mol. The minimum absolute atomic E-state index is 0.0746. The Bertz CT molecular complexity index is 204. The highest BCUT2D eigenvalue weighted by molar-refractivity contribution is 5.76. The van der Waals surface area contributed by atoms with E-state index in [1.54, 1.807) is 0 Å². The molecule has 1 saturated carbocycles. The van der Waals surface area contributed by atoms with Gasteiger partial charge in [-0.1, -0.05) is 20.8 Å². The van der Waals surface area contributed by atoms with E-state index in [0.29, 0.717) is 12.6 Å². The zero-order chi connectivity index (χ0) is 10.8. The van der Waals surface area contributed by atoms with E-state index >= 15 is 0 Å². The van der Waals surface area contributed by atoms with E-state index in [-0.39, 0.29) is 17.4 Å². The molecule has 1 aliphatic carbocycles. The zero-order valence-corrected chi connectivity index (χ0v) is 9.59. The van der Waals surface area contributed by atoms with E-state index < -0.39 is 0 Å². The van der Waals surface area contributed by atoms with Crippen LogP contribution in [-0.4, -0.2) is 24.7 Å². The smallest absolute Gasteiger partial charge is 0.323 e. The Hall–Kier alpha value is -0.570. The Morgan fingerprint density at radius 3 is 2.43 bits per heavy atom. The SMILES string of the molecule is CCOC(=O)C(NC1CC1)C(C)(C)C. The predicted octanol–water partition coefficient (Wildman–Crippen LogP) is 1.72. The first kappa shape index (κ1) is 11.5. The molecule has 0 aromatic carbocycles. The minimum atomic E-state index is -0.171. The van der Waals surface area contributed by atoms with Gasteiger partial charge in [0.1, 0.15) is 6.04 Å². The monoisotopic (exact) mass is 199 g/mol. The van der Waals surface area contributed by atoms with Gasteiger partial charge >= 0.3 is 5.97 Å². The molecule has 0 amide bonds. The normalized spacial score (nSPS) is 19.1. The standard InChI is InChI=1S/C11H21NO2/c1-5-14-10(13)9(11(2,3)4)12-8-6-7-8/h8-9,12H,5-7H2,1-4H3. The van der Waals surface area contributed by atoms with Gasteiger partial charge in [-0.15, -0.1) is 0 Å². The van der Waals surface area contributed by atoms with Crippen molar-refractivity contribution in [2.24, 2.45) is 5.41 Å². The fourth-order valence-corrected chi connectivity index (χ4v) is 1.38. The molecule has 0 spiro atoms. The number of hydrogen-bond donors (Lipinski definition) is 1. The molecule has 3 heteroatoms. The zero-order valence-electron chi connectivity index (χ0n) is 9.59. The van der Waals surface area contributed by atoms with Gasteiger partial charge in [0.15, 0.2) is 0 Å². The molecule has 1 aliphatic rings. The molecule has 0 aromatic heterocycles. The van der Waals surface area contributed by atoms with Crippen LogP contribution in [-0.2, 0) is 9.53 Å². The Labute approximate surface area is 86.2 Å². The van der Waals surface area contributed by atoms with Crippen LogP contribution in [0.5, 0.6) is 0 Å². The van der Waals surface area contributed by atoms with Gasteiger partial charge in [0, 0.05) is 6.04 Å². The maximum Gasteiger partial charge on any atom is 0.323 e. The van der Waals surface area contributed by atoms with Gasteiger partial charge in [0.2, 0.25) is 0 Å². The lowest BCUT2D eigenvalue weighted by Crippen LogP contribution is -2.48. The quantitative estimate of drug-likeness (QED) is 0.701. The van der Waals surface area contributed by atoms with Gasteiger partial charge in [-0.3, -0.25) is 4.79 Å². The lowest BCUT2D eigenvalue weighted by atomic mass is 9.86. The molecule has 1 rings (SSSR count). The molecule has 1 fully saturated rings. The van der Waals surface area contributed by atoms with Gasteiger partial charge in [-0.2, -0.15) is 0 Å². The highest BCUT2D eigenvalue weighted by Crippen LogP contribution is 2.26. The summed E-state index contributed by atoms with van der Waals surface area (Å²) in [7, 11) is 0. The third kappa shape index (κ3) is 3.29. The van der Waals surface area contributed by atoms with Crippen LogP contribution in [0.4, 0.5) is 0 Å². The van der Waals surface area contributed by atoms with E-state index in [1.807, 2.05) is 6.92 Å². The number of esters is 1. The van der Waals surface area contributed by atoms with Crippen LogP contribution >= 0.6 is 0 Å². The third-order valence-electron chi connectivity index (χ3n) is 2.37. The molecule has 1 N–H and O–H groups in total. The highest BCUT2D eigenvalue weighted by Gasteiger charge is 2.36. The van der Waals surface area contributed by atoms with Crippen LogP contribution in [0.25, 0.3) is 0 Å². The maximum absolute atomic E-state index is 11.7. The summed E-state index contributed by atoms with van der Waals surface area (Å²) in [5.74, 6) is -0.119. The fourth-order valence-electron chi connectivity index (χ4n) is 1.38. The fraction of sp³-hybridized carbons (Fsp3) is 0.909. The Morgan fingerprint density at radius 2 is 2.07 bits per heavy atom. The average Bonchev–Trinajstić information content (AvgIpc) is 2.81. The minimum Gasteiger partial charge on any atom is -0.465 e. The van der Waals surface area contributed by atoms with Crippen LogP contribution in [0.15, 0.2) is 0 Å². The Kier molecular flexibility index (Phi) is 3.53. The Morgan fingerprint density at radius 1 is 1.50 bits per heavy atom. The number of carbonyl (C=O) groups is 1. The molecule has 3 nitrogen and oxygen atoms in total. The molecule has 0 saturated heterocycles. The molecule has 14 heavy (non-hydrogen) atoms. The molecule has 0 bridgehead atoms. The molecule has 0 aliphatic heterocycles. The van der Waals surface area contributed by atoms with Gasteiger partial charge in [-0.25, -0.2) is 0 Å². The molecule has 0 radical (unpaired) electrons. The summed E-state index contributed by atoms with van der Waals surface area (Å²) in [6.07, 6.45) is 2.37. The molecule has 0 aromatic rings. The molecule has 1 unspecified atom stereocenters. The van der Waals surface area contributed by atoms with Crippen molar-refractivity contribution in [3.05, 3.63) is 0 Å². The Balaban J connectivity index is 2.55. The van der Waals surface area contributed by atoms with Crippen molar-refractivity contribution >= 4 is 5.97 Å². The third-order valence-corrected chi connectivity index (χ3v) is 2.37. The van der Waals surface area contributed by atoms with Crippen molar-refractivity contribution in [3.8, 4) is 0 Å². The van der Waals surface area contributed by atoms with Crippen LogP contribution in [0.2, 0.25) is 0 Å². The first-order chi connectivity index (χ1) is 6.45. The van der Waals surface area contributed by atoms with Crippen molar-refractivity contribution in [1.29, 1.82) is 0 Å². The van der Waals surface area contributed by atoms with Crippen LogP contribution in [0.1, 0.15) is 40.5 Å². The second-order valence-electron chi connectivity index (χ2n) is 4.99. The summed E-state index contributed by atoms with van der Waals surface area (Å²) in [5, 5.41) is 3.34. The summed E-state index contributed by atoms with van der Waals surface area (Å²) in [6, 6.07) is 0.360. The van der Waals surface area contributed by atoms with Gasteiger partial charge < -0.3 is 10.1 Å². The van der Waals surface area contributed by atoms with E-state index in [1.165, 1.54) is 12.8 Å². The van der Waals surface area contributed by atoms with Crippen molar-refractivity contribution in [1.82, 2.24) is 5.32 Å². The lowest BCUT2D eigenvalue weighted by Gasteiger charge is -2.29. The molecule has 1 atom stereocenters. The van der Waals surface area contributed by atoms with Crippen molar-refractivity contribution in [2.75, 3.05) is 6.61 Å². The first-order valence-corrected chi connectivity index (χ1v) is 5.38. The highest BCUT2D eigenvalue weighted by atomic mass is 16.5. The van der Waals surface area contributed by atoms with Crippen LogP contribution in [0.3, 0.4) is 0 Å². The first-order valence-electron chi connectivity index (χ1n) is 5.38. The van der Waals surface area contributed by atoms with Crippen LogP contribution < -0.4 is 5.32 Å². The van der Waals surface area contributed by atoms with Gasteiger partial charge in [-0.05, 0) is 25.2 Å². The van der Waals surface area contributed by atoms with E-state index in [9.17, 15) is 4.79 Å². The van der Waals surface area contributed by atoms with Crippen molar-refractivity contribution in [3.63, 3.8) is 0 Å². The van der Waals surface area contributed by atoms with Crippen LogP contribution in [0, 0.1) is 5.41 Å². The van der Waals surface area contributed by atoms with Gasteiger partial charge in [0.25, 0.3) is 0 Å². The number of ether oxygens (including phenoxy) is 1. The predicted molar refractivity (Wildman–Crippen MR) is 56.0 cm³/mol. The molecule has 82 valence electrons. The summed E-state index contributed by atoms with van der Waals surface area (Å²) in [4.78, 5) is 11.7. The van der Waals surface area contributed by atoms with Crippen molar-refractivity contribution in [2.45, 2.75) is 52.6 Å². The summed E-state index contributed by atoms with van der Waals surface area (Å²) >= 11 is 0. The number of nitrogens with one attached hydrogen (secondary N) is 1. The van der Waals surface area contributed by atoms with Crippen molar-refractivity contribution < 1.29 is 9.53 Å². The maximum atomic E-state index is 11.7. The second kappa shape index (κ2) is 4.30. The number of rotatable bonds is 4. The van der Waals surface area contributed by atoms with E-state index in [4.69, 9.17) is 4.74 Å². The second-order valence-corrected chi connectivity index (χ2v) is 4.99. The summed E-state index contributed by atoms with van der Waals surface area (Å²) in [5.41, 5.74) is -0.0746. The topological polar surface area (TPSA) is 38.3 Å². The molecular formula is C11H21NO2.